The monoisotopic (exact) mass is 391 g/mol. The Morgan fingerprint density at radius 3 is 2.34 bits per heavy atom. The third-order valence-corrected chi connectivity index (χ3v) is 4.74. The van der Waals surface area contributed by atoms with Crippen molar-refractivity contribution < 1.29 is 9.53 Å². The minimum Gasteiger partial charge on any atom is -0.369 e. The average molecular weight is 392 g/mol. The summed E-state index contributed by atoms with van der Waals surface area (Å²) in [6, 6.07) is 20.0. The number of nitrogens with one attached hydrogen (secondary N) is 1. The van der Waals surface area contributed by atoms with Crippen LogP contribution in [0.25, 0.3) is 16.9 Å². The van der Waals surface area contributed by atoms with Gasteiger partial charge in [-0.25, -0.2) is 4.68 Å². The SMILES string of the molecule is CC(C)CCO[C@@H](C)C(=O)NCc1cn(-c2ccccc2)nc1-c1ccccc1. The summed E-state index contributed by atoms with van der Waals surface area (Å²) < 4.78 is 7.51. The zero-order valence-corrected chi connectivity index (χ0v) is 17.3. The Labute approximate surface area is 172 Å². The van der Waals surface area contributed by atoms with Gasteiger partial charge in [0.1, 0.15) is 6.10 Å². The fraction of sp³-hybridized carbons (Fsp3) is 0.333. The molecule has 0 fully saturated rings. The van der Waals surface area contributed by atoms with Gasteiger partial charge < -0.3 is 10.1 Å². The van der Waals surface area contributed by atoms with Crippen LogP contribution in [0.1, 0.15) is 32.8 Å². The van der Waals surface area contributed by atoms with E-state index in [1.54, 1.807) is 6.92 Å². The van der Waals surface area contributed by atoms with E-state index in [1.165, 1.54) is 0 Å². The van der Waals surface area contributed by atoms with Crippen LogP contribution in [0.5, 0.6) is 0 Å². The lowest BCUT2D eigenvalue weighted by Gasteiger charge is -2.14. The maximum absolute atomic E-state index is 12.5. The zero-order valence-electron chi connectivity index (χ0n) is 17.3. The predicted octanol–water partition coefficient (Wildman–Crippen LogP) is 4.61. The molecule has 3 rings (SSSR count). The molecule has 1 amide bonds. The molecule has 0 bridgehead atoms. The van der Waals surface area contributed by atoms with Crippen LogP contribution in [0.15, 0.2) is 66.9 Å². The molecule has 3 aromatic rings. The van der Waals surface area contributed by atoms with Gasteiger partial charge >= 0.3 is 0 Å². The highest BCUT2D eigenvalue weighted by Gasteiger charge is 2.16. The Balaban J connectivity index is 1.74. The molecule has 2 aromatic carbocycles. The van der Waals surface area contributed by atoms with Gasteiger partial charge in [0.2, 0.25) is 5.91 Å². The number of benzene rings is 2. The van der Waals surface area contributed by atoms with Gasteiger partial charge in [0.25, 0.3) is 0 Å². The van der Waals surface area contributed by atoms with E-state index >= 15 is 0 Å². The second-order valence-corrected chi connectivity index (χ2v) is 7.56. The molecule has 0 spiro atoms. The van der Waals surface area contributed by atoms with E-state index < -0.39 is 6.10 Å². The van der Waals surface area contributed by atoms with Gasteiger partial charge in [0.15, 0.2) is 0 Å². The third-order valence-electron chi connectivity index (χ3n) is 4.74. The number of aromatic nitrogens is 2. The summed E-state index contributed by atoms with van der Waals surface area (Å²) in [7, 11) is 0. The van der Waals surface area contributed by atoms with Crippen LogP contribution < -0.4 is 5.32 Å². The fourth-order valence-electron chi connectivity index (χ4n) is 2.97. The largest absolute Gasteiger partial charge is 0.369 e. The van der Waals surface area contributed by atoms with Gasteiger partial charge in [0, 0.05) is 30.5 Å². The Hall–Kier alpha value is -2.92. The summed E-state index contributed by atoms with van der Waals surface area (Å²) in [6.07, 6.45) is 2.44. The molecule has 5 heteroatoms. The molecule has 1 aromatic heterocycles. The summed E-state index contributed by atoms with van der Waals surface area (Å²) in [5, 5.41) is 7.77. The minimum absolute atomic E-state index is 0.111. The van der Waals surface area contributed by atoms with E-state index in [9.17, 15) is 4.79 Å². The van der Waals surface area contributed by atoms with Crippen LogP contribution in [-0.2, 0) is 16.1 Å². The van der Waals surface area contributed by atoms with Gasteiger partial charge in [-0.3, -0.25) is 4.79 Å². The number of amides is 1. The summed E-state index contributed by atoms with van der Waals surface area (Å²) >= 11 is 0. The number of nitrogens with zero attached hydrogens (tertiary/aromatic N) is 2. The quantitative estimate of drug-likeness (QED) is 0.580. The molecule has 5 nitrogen and oxygen atoms in total. The van der Waals surface area contributed by atoms with Crippen molar-refractivity contribution in [3.63, 3.8) is 0 Å². The molecule has 0 unspecified atom stereocenters. The molecule has 0 aliphatic rings. The maximum atomic E-state index is 12.5. The Morgan fingerprint density at radius 1 is 1.03 bits per heavy atom. The number of ether oxygens (including phenoxy) is 1. The second kappa shape index (κ2) is 10.0. The molecule has 29 heavy (non-hydrogen) atoms. The van der Waals surface area contributed by atoms with Crippen LogP contribution >= 0.6 is 0 Å². The number of hydrogen-bond acceptors (Lipinski definition) is 3. The lowest BCUT2D eigenvalue weighted by Crippen LogP contribution is -2.34. The van der Waals surface area contributed by atoms with E-state index in [-0.39, 0.29) is 5.91 Å². The highest BCUT2D eigenvalue weighted by molar-refractivity contribution is 5.80. The van der Waals surface area contributed by atoms with Crippen molar-refractivity contribution in [1.29, 1.82) is 0 Å². The first-order chi connectivity index (χ1) is 14.0. The molecule has 1 atom stereocenters. The molecule has 0 radical (unpaired) electrons. The molecule has 0 aliphatic carbocycles. The average Bonchev–Trinajstić information content (AvgIpc) is 3.17. The highest BCUT2D eigenvalue weighted by atomic mass is 16.5. The summed E-state index contributed by atoms with van der Waals surface area (Å²) in [6.45, 7) is 7.07. The maximum Gasteiger partial charge on any atom is 0.249 e. The predicted molar refractivity (Wildman–Crippen MR) is 116 cm³/mol. The molecule has 152 valence electrons. The number of carbonyl (C=O) groups is 1. The van der Waals surface area contributed by atoms with E-state index in [4.69, 9.17) is 9.84 Å². The number of rotatable bonds is 9. The first-order valence-corrected chi connectivity index (χ1v) is 10.1. The molecule has 0 saturated heterocycles. The van der Waals surface area contributed by atoms with Crippen LogP contribution in [-0.4, -0.2) is 28.4 Å². The molecule has 0 aliphatic heterocycles. The fourth-order valence-corrected chi connectivity index (χ4v) is 2.97. The zero-order chi connectivity index (χ0) is 20.6. The number of hydrogen-bond donors (Lipinski definition) is 1. The highest BCUT2D eigenvalue weighted by Crippen LogP contribution is 2.23. The van der Waals surface area contributed by atoms with Gasteiger partial charge in [-0.2, -0.15) is 5.10 Å². The first kappa shape index (κ1) is 20.8. The van der Waals surface area contributed by atoms with Gasteiger partial charge in [-0.1, -0.05) is 62.4 Å². The minimum atomic E-state index is -0.474. The summed E-state index contributed by atoms with van der Waals surface area (Å²) in [5.74, 6) is 0.447. The van der Waals surface area contributed by atoms with Gasteiger partial charge in [-0.05, 0) is 31.4 Å². The lowest BCUT2D eigenvalue weighted by molar-refractivity contribution is -0.132. The van der Waals surface area contributed by atoms with Crippen molar-refractivity contribution >= 4 is 5.91 Å². The molecule has 0 saturated carbocycles. The Morgan fingerprint density at radius 2 is 1.69 bits per heavy atom. The van der Waals surface area contributed by atoms with E-state index in [0.717, 1.165) is 28.9 Å². The Kier molecular flexibility index (Phi) is 7.19. The third kappa shape index (κ3) is 5.78. The number of carbonyl (C=O) groups excluding carboxylic acids is 1. The van der Waals surface area contributed by atoms with E-state index in [1.807, 2.05) is 71.5 Å². The second-order valence-electron chi connectivity index (χ2n) is 7.56. The standard InChI is InChI=1S/C24H29N3O2/c1-18(2)14-15-29-19(3)24(28)25-16-21-17-27(22-12-8-5-9-13-22)26-23(21)20-10-6-4-7-11-20/h4-13,17-19H,14-16H2,1-3H3,(H,25,28)/t19-/m0/s1. The molecule has 1 N–H and O–H groups in total. The first-order valence-electron chi connectivity index (χ1n) is 10.1. The van der Waals surface area contributed by atoms with Crippen LogP contribution in [0.2, 0.25) is 0 Å². The van der Waals surface area contributed by atoms with Crippen LogP contribution in [0.3, 0.4) is 0 Å². The van der Waals surface area contributed by atoms with Crippen molar-refractivity contribution in [2.75, 3.05) is 6.61 Å². The van der Waals surface area contributed by atoms with Crippen molar-refractivity contribution in [3.8, 4) is 16.9 Å². The Bertz CT molecular complexity index is 904. The molecular weight excluding hydrogens is 362 g/mol. The molecule has 1 heterocycles. The van der Waals surface area contributed by atoms with Gasteiger partial charge in [-0.15, -0.1) is 0 Å². The van der Waals surface area contributed by atoms with Crippen LogP contribution in [0.4, 0.5) is 0 Å². The van der Waals surface area contributed by atoms with Crippen molar-refractivity contribution in [2.45, 2.75) is 39.8 Å². The normalized spacial score (nSPS) is 12.1. The summed E-state index contributed by atoms with van der Waals surface area (Å²) in [4.78, 5) is 12.5. The van der Waals surface area contributed by atoms with Crippen LogP contribution in [0, 0.1) is 5.92 Å². The topological polar surface area (TPSA) is 56.1 Å². The van der Waals surface area contributed by atoms with Crippen molar-refractivity contribution in [3.05, 3.63) is 72.4 Å². The van der Waals surface area contributed by atoms with E-state index in [0.29, 0.717) is 19.1 Å². The summed E-state index contributed by atoms with van der Waals surface area (Å²) in [5.41, 5.74) is 3.83. The lowest BCUT2D eigenvalue weighted by atomic mass is 10.1. The van der Waals surface area contributed by atoms with Gasteiger partial charge in [0.05, 0.1) is 11.4 Å². The molecular formula is C24H29N3O2. The van der Waals surface area contributed by atoms with Crippen molar-refractivity contribution in [1.82, 2.24) is 15.1 Å². The van der Waals surface area contributed by atoms with Crippen molar-refractivity contribution in [2.24, 2.45) is 5.92 Å². The number of para-hydroxylation sites is 1. The van der Waals surface area contributed by atoms with E-state index in [2.05, 4.69) is 19.2 Å². The smallest absolute Gasteiger partial charge is 0.249 e.